The van der Waals surface area contributed by atoms with Crippen LogP contribution in [0.5, 0.6) is 0 Å². The molecule has 2 radical (unpaired) electrons. The first-order chi connectivity index (χ1) is 4.10. The molecule has 9 heavy (non-hydrogen) atoms. The Morgan fingerprint density at radius 1 is 1.67 bits per heavy atom. The van der Waals surface area contributed by atoms with Crippen LogP contribution in [0.3, 0.4) is 0 Å². The van der Waals surface area contributed by atoms with Gasteiger partial charge in [0.15, 0.2) is 0 Å². The fourth-order valence-corrected chi connectivity index (χ4v) is 1.33. The summed E-state index contributed by atoms with van der Waals surface area (Å²) in [5.41, 5.74) is 4.60. The molecule has 1 fully saturated rings. The van der Waals surface area contributed by atoms with Gasteiger partial charge in [-0.3, -0.25) is 0 Å². The molecule has 0 bridgehead atoms. The standard InChI is InChI=1S/C6H12BNO/c7-6(9)3-1-2-5(8)4-6/h5,9H,1-4,8H2/t5-,6-/m0/s1. The van der Waals surface area contributed by atoms with Crippen LogP contribution in [0.2, 0.25) is 0 Å². The summed E-state index contributed by atoms with van der Waals surface area (Å²) in [6, 6.07) is 0.105. The van der Waals surface area contributed by atoms with E-state index in [1.54, 1.807) is 0 Å². The van der Waals surface area contributed by atoms with E-state index in [1.165, 1.54) is 0 Å². The first-order valence-electron chi connectivity index (χ1n) is 3.37. The molecular weight excluding hydrogens is 113 g/mol. The van der Waals surface area contributed by atoms with Crippen LogP contribution in [0.1, 0.15) is 25.7 Å². The van der Waals surface area contributed by atoms with E-state index in [1.807, 2.05) is 0 Å². The maximum absolute atomic E-state index is 9.24. The van der Waals surface area contributed by atoms with Gasteiger partial charge >= 0.3 is 0 Å². The van der Waals surface area contributed by atoms with Crippen LogP contribution in [0, 0.1) is 0 Å². The number of nitrogens with two attached hydrogens (primary N) is 1. The van der Waals surface area contributed by atoms with E-state index in [0.29, 0.717) is 12.8 Å². The first kappa shape index (κ1) is 7.10. The monoisotopic (exact) mass is 125 g/mol. The smallest absolute Gasteiger partial charge is 0.113 e. The second-order valence-electron chi connectivity index (χ2n) is 2.96. The van der Waals surface area contributed by atoms with Crippen molar-refractivity contribution in [2.24, 2.45) is 5.73 Å². The van der Waals surface area contributed by atoms with Crippen molar-refractivity contribution in [2.45, 2.75) is 37.2 Å². The summed E-state index contributed by atoms with van der Waals surface area (Å²) in [7, 11) is 5.44. The highest BCUT2D eigenvalue weighted by atomic mass is 16.3. The lowest BCUT2D eigenvalue weighted by molar-refractivity contribution is 0.0772. The fourth-order valence-electron chi connectivity index (χ4n) is 1.33. The van der Waals surface area contributed by atoms with Crippen molar-refractivity contribution in [3.63, 3.8) is 0 Å². The van der Waals surface area contributed by atoms with Gasteiger partial charge in [0.2, 0.25) is 0 Å². The summed E-state index contributed by atoms with van der Waals surface area (Å²) in [4.78, 5) is 0. The molecule has 0 heterocycles. The van der Waals surface area contributed by atoms with E-state index in [-0.39, 0.29) is 6.04 Å². The van der Waals surface area contributed by atoms with Gasteiger partial charge in [-0.15, -0.1) is 0 Å². The lowest BCUT2D eigenvalue weighted by Crippen LogP contribution is -2.41. The van der Waals surface area contributed by atoms with Gasteiger partial charge in [0, 0.05) is 11.5 Å². The Bertz CT molecular complexity index is 105. The quantitative estimate of drug-likeness (QED) is 0.438. The van der Waals surface area contributed by atoms with Crippen molar-refractivity contribution >= 4 is 7.85 Å². The molecule has 1 saturated carbocycles. The Morgan fingerprint density at radius 2 is 2.33 bits per heavy atom. The summed E-state index contributed by atoms with van der Waals surface area (Å²) in [5.74, 6) is 0. The van der Waals surface area contributed by atoms with E-state index in [0.717, 1.165) is 12.8 Å². The predicted octanol–water partition coefficient (Wildman–Crippen LogP) is -0.255. The Kier molecular flexibility index (Phi) is 1.82. The molecule has 0 amide bonds. The van der Waals surface area contributed by atoms with Crippen molar-refractivity contribution in [3.8, 4) is 0 Å². The minimum Gasteiger partial charge on any atom is -0.400 e. The third kappa shape index (κ3) is 1.99. The van der Waals surface area contributed by atoms with Crippen LogP contribution in [-0.4, -0.2) is 24.5 Å². The molecule has 50 valence electrons. The van der Waals surface area contributed by atoms with E-state index >= 15 is 0 Å². The summed E-state index contributed by atoms with van der Waals surface area (Å²) in [6.07, 6.45) is 3.20. The molecule has 0 unspecified atom stereocenters. The molecule has 0 aromatic heterocycles. The molecule has 0 aromatic carbocycles. The van der Waals surface area contributed by atoms with E-state index in [9.17, 15) is 5.11 Å². The van der Waals surface area contributed by atoms with E-state index < -0.39 is 5.50 Å². The van der Waals surface area contributed by atoms with Crippen molar-refractivity contribution in [1.82, 2.24) is 0 Å². The number of hydrogen-bond donors (Lipinski definition) is 2. The first-order valence-corrected chi connectivity index (χ1v) is 3.37. The Morgan fingerprint density at radius 3 is 2.67 bits per heavy atom. The molecule has 1 rings (SSSR count). The third-order valence-corrected chi connectivity index (χ3v) is 1.80. The zero-order valence-corrected chi connectivity index (χ0v) is 5.51. The zero-order chi connectivity index (χ0) is 6.91. The van der Waals surface area contributed by atoms with Gasteiger partial charge in [0.1, 0.15) is 7.85 Å². The van der Waals surface area contributed by atoms with Crippen LogP contribution in [-0.2, 0) is 0 Å². The second-order valence-corrected chi connectivity index (χ2v) is 2.96. The Balaban J connectivity index is 2.41. The fraction of sp³-hybridized carbons (Fsp3) is 1.00. The number of hydrogen-bond acceptors (Lipinski definition) is 2. The molecule has 2 nitrogen and oxygen atoms in total. The van der Waals surface area contributed by atoms with E-state index in [4.69, 9.17) is 13.6 Å². The molecule has 0 saturated heterocycles. The van der Waals surface area contributed by atoms with E-state index in [2.05, 4.69) is 0 Å². The average molecular weight is 125 g/mol. The largest absolute Gasteiger partial charge is 0.400 e. The number of rotatable bonds is 0. The van der Waals surface area contributed by atoms with Gasteiger partial charge in [0.05, 0.1) is 0 Å². The molecular formula is C6H12BNO. The third-order valence-electron chi connectivity index (χ3n) is 1.80. The molecule has 0 spiro atoms. The summed E-state index contributed by atoms with van der Waals surface area (Å²) >= 11 is 0. The molecule has 0 aromatic rings. The van der Waals surface area contributed by atoms with Gasteiger partial charge < -0.3 is 10.8 Å². The van der Waals surface area contributed by atoms with Gasteiger partial charge in [-0.1, -0.05) is 0 Å². The molecule has 2 atom stereocenters. The van der Waals surface area contributed by atoms with Crippen LogP contribution in [0.15, 0.2) is 0 Å². The SMILES string of the molecule is [B][C@]1(O)CCC[C@H](N)C1. The number of aliphatic hydroxyl groups is 1. The van der Waals surface area contributed by atoms with Crippen LogP contribution in [0.25, 0.3) is 0 Å². The molecule has 1 aliphatic carbocycles. The molecule has 0 aliphatic heterocycles. The lowest BCUT2D eigenvalue weighted by Gasteiger charge is -2.32. The van der Waals surface area contributed by atoms with Crippen LogP contribution in [0.4, 0.5) is 0 Å². The Hall–Kier alpha value is -0.0151. The van der Waals surface area contributed by atoms with Gasteiger partial charge in [0.25, 0.3) is 0 Å². The topological polar surface area (TPSA) is 46.2 Å². The van der Waals surface area contributed by atoms with Crippen molar-refractivity contribution in [1.29, 1.82) is 0 Å². The highest BCUT2D eigenvalue weighted by Gasteiger charge is 2.26. The molecule has 1 aliphatic rings. The Labute approximate surface area is 56.8 Å². The maximum atomic E-state index is 9.24. The van der Waals surface area contributed by atoms with Crippen molar-refractivity contribution < 1.29 is 5.11 Å². The highest BCUT2D eigenvalue weighted by molar-refractivity contribution is 6.14. The van der Waals surface area contributed by atoms with Crippen molar-refractivity contribution in [2.75, 3.05) is 0 Å². The van der Waals surface area contributed by atoms with Gasteiger partial charge in [-0.05, 0) is 25.7 Å². The second kappa shape index (κ2) is 2.31. The maximum Gasteiger partial charge on any atom is 0.113 e. The van der Waals surface area contributed by atoms with Crippen LogP contribution < -0.4 is 5.73 Å². The van der Waals surface area contributed by atoms with Gasteiger partial charge in [-0.25, -0.2) is 0 Å². The zero-order valence-electron chi connectivity index (χ0n) is 5.51. The summed E-state index contributed by atoms with van der Waals surface area (Å²) in [6.45, 7) is 0. The minimum absolute atomic E-state index is 0.105. The predicted molar refractivity (Wildman–Crippen MR) is 37.1 cm³/mol. The molecule has 3 heteroatoms. The lowest BCUT2D eigenvalue weighted by atomic mass is 9.69. The average Bonchev–Trinajstić information content (AvgIpc) is 1.60. The van der Waals surface area contributed by atoms with Gasteiger partial charge in [-0.2, -0.15) is 0 Å². The summed E-state index contributed by atoms with van der Waals surface area (Å²) < 4.78 is 0. The summed E-state index contributed by atoms with van der Waals surface area (Å²) in [5, 5.41) is 9.24. The van der Waals surface area contributed by atoms with Crippen LogP contribution >= 0.6 is 0 Å². The minimum atomic E-state index is -0.975. The normalized spacial score (nSPS) is 44.9. The molecule has 3 N–H and O–H groups in total. The van der Waals surface area contributed by atoms with Crippen molar-refractivity contribution in [3.05, 3.63) is 0 Å². The highest BCUT2D eigenvalue weighted by Crippen LogP contribution is 2.23.